The number of aromatic nitrogens is 1. The minimum atomic E-state index is -0.869. The Morgan fingerprint density at radius 2 is 2.04 bits per heavy atom. The molecule has 1 N–H and O–H groups in total. The summed E-state index contributed by atoms with van der Waals surface area (Å²) >= 11 is 1.57. The number of thiazole rings is 1. The van der Waals surface area contributed by atoms with Crippen LogP contribution >= 0.6 is 11.3 Å². The third-order valence-electron chi connectivity index (χ3n) is 5.19. The van der Waals surface area contributed by atoms with Gasteiger partial charge >= 0.3 is 5.97 Å². The van der Waals surface area contributed by atoms with Crippen LogP contribution in [0, 0.1) is 5.92 Å². The van der Waals surface area contributed by atoms with Crippen molar-refractivity contribution in [3.8, 4) is 0 Å². The molecule has 0 aromatic carbocycles. The molecule has 0 radical (unpaired) electrons. The maximum Gasteiger partial charge on any atom is 0.326 e. The molecule has 2 heterocycles. The molecule has 6 heteroatoms. The van der Waals surface area contributed by atoms with E-state index in [1.807, 2.05) is 5.38 Å². The van der Waals surface area contributed by atoms with Gasteiger partial charge in [-0.25, -0.2) is 9.78 Å². The summed E-state index contributed by atoms with van der Waals surface area (Å²) < 4.78 is 0. The molecule has 0 spiro atoms. The van der Waals surface area contributed by atoms with Gasteiger partial charge in [-0.2, -0.15) is 0 Å². The highest BCUT2D eigenvalue weighted by atomic mass is 32.1. The highest BCUT2D eigenvalue weighted by Crippen LogP contribution is 2.40. The first-order valence-corrected chi connectivity index (χ1v) is 9.64. The van der Waals surface area contributed by atoms with Crippen molar-refractivity contribution in [2.75, 3.05) is 0 Å². The number of rotatable bonds is 3. The van der Waals surface area contributed by atoms with E-state index >= 15 is 0 Å². The van der Waals surface area contributed by atoms with Gasteiger partial charge in [0.05, 0.1) is 17.1 Å². The quantitative estimate of drug-likeness (QED) is 0.908. The minimum absolute atomic E-state index is 0.0301. The Labute approximate surface area is 147 Å². The van der Waals surface area contributed by atoms with Crippen LogP contribution in [-0.2, 0) is 21.4 Å². The molecule has 1 saturated carbocycles. The molecule has 0 bridgehead atoms. The van der Waals surface area contributed by atoms with Crippen LogP contribution in [0.15, 0.2) is 5.38 Å². The fraction of sp³-hybridized carbons (Fsp3) is 0.722. The predicted octanol–water partition coefficient (Wildman–Crippen LogP) is 3.23. The van der Waals surface area contributed by atoms with Gasteiger partial charge in [0.2, 0.25) is 5.91 Å². The van der Waals surface area contributed by atoms with Crippen LogP contribution in [0.5, 0.6) is 0 Å². The third kappa shape index (κ3) is 3.34. The van der Waals surface area contributed by atoms with Gasteiger partial charge < -0.3 is 10.0 Å². The van der Waals surface area contributed by atoms with E-state index in [0.29, 0.717) is 12.3 Å². The van der Waals surface area contributed by atoms with Gasteiger partial charge in [0.15, 0.2) is 0 Å². The highest BCUT2D eigenvalue weighted by Gasteiger charge is 2.47. The molecule has 2 aliphatic rings. The number of likely N-dealkylation sites (tertiary alicyclic amines) is 1. The number of aliphatic carboxylic acids is 1. The van der Waals surface area contributed by atoms with Crippen LogP contribution in [0.4, 0.5) is 0 Å². The average molecular weight is 350 g/mol. The molecule has 1 saturated heterocycles. The molecule has 3 rings (SSSR count). The van der Waals surface area contributed by atoms with E-state index in [9.17, 15) is 14.7 Å². The van der Waals surface area contributed by atoms with Gasteiger partial charge in [-0.05, 0) is 25.2 Å². The van der Waals surface area contributed by atoms with E-state index in [-0.39, 0.29) is 23.8 Å². The van der Waals surface area contributed by atoms with Gasteiger partial charge in [0.1, 0.15) is 6.04 Å². The first-order chi connectivity index (χ1) is 11.3. The molecule has 3 unspecified atom stereocenters. The second-order valence-electron chi connectivity index (χ2n) is 8.07. The number of carboxylic acids is 1. The molecule has 3 atom stereocenters. The Morgan fingerprint density at radius 1 is 1.33 bits per heavy atom. The highest BCUT2D eigenvalue weighted by molar-refractivity contribution is 7.09. The molecule has 1 aliphatic carbocycles. The monoisotopic (exact) mass is 350 g/mol. The Balaban J connectivity index is 1.77. The van der Waals surface area contributed by atoms with Gasteiger partial charge in [-0.1, -0.05) is 33.6 Å². The summed E-state index contributed by atoms with van der Waals surface area (Å²) in [4.78, 5) is 30.8. The van der Waals surface area contributed by atoms with Crippen molar-refractivity contribution in [1.29, 1.82) is 0 Å². The van der Waals surface area contributed by atoms with Gasteiger partial charge in [0, 0.05) is 16.8 Å². The molecular formula is C18H26N2O3S. The molecule has 24 heavy (non-hydrogen) atoms. The lowest BCUT2D eigenvalue weighted by molar-refractivity contribution is -0.149. The van der Waals surface area contributed by atoms with Crippen LogP contribution in [0.1, 0.15) is 63.6 Å². The zero-order valence-corrected chi connectivity index (χ0v) is 15.4. The number of hydrogen-bond acceptors (Lipinski definition) is 4. The number of carbonyl (C=O) groups is 2. The Morgan fingerprint density at radius 3 is 2.67 bits per heavy atom. The summed E-state index contributed by atoms with van der Waals surface area (Å²) in [5.74, 6) is -0.599. The molecule has 5 nitrogen and oxygen atoms in total. The molecule has 132 valence electrons. The second-order valence-corrected chi connectivity index (χ2v) is 8.93. The number of fused-ring (bicyclic) bond motifs is 1. The smallest absolute Gasteiger partial charge is 0.326 e. The number of amides is 1. The Hall–Kier alpha value is -1.43. The Kier molecular flexibility index (Phi) is 4.69. The number of carboxylic acid groups (broad SMARTS) is 1. The summed E-state index contributed by atoms with van der Waals surface area (Å²) in [6, 6.07) is -0.556. The molecule has 1 aromatic heterocycles. The molecule has 1 aliphatic heterocycles. The Bertz CT molecular complexity index is 634. The van der Waals surface area contributed by atoms with Crippen molar-refractivity contribution in [3.05, 3.63) is 16.1 Å². The first-order valence-electron chi connectivity index (χ1n) is 8.76. The van der Waals surface area contributed by atoms with Crippen molar-refractivity contribution < 1.29 is 14.7 Å². The van der Waals surface area contributed by atoms with Crippen LogP contribution in [0.2, 0.25) is 0 Å². The maximum atomic E-state index is 12.9. The zero-order valence-electron chi connectivity index (χ0n) is 14.6. The normalized spacial score (nSPS) is 27.1. The molecular weight excluding hydrogens is 324 g/mol. The van der Waals surface area contributed by atoms with E-state index in [4.69, 9.17) is 0 Å². The van der Waals surface area contributed by atoms with E-state index in [2.05, 4.69) is 25.8 Å². The largest absolute Gasteiger partial charge is 0.480 e. The van der Waals surface area contributed by atoms with Gasteiger partial charge in [-0.15, -0.1) is 11.3 Å². The fourth-order valence-corrected chi connectivity index (χ4v) is 4.93. The topological polar surface area (TPSA) is 70.5 Å². The summed E-state index contributed by atoms with van der Waals surface area (Å²) in [5.41, 5.74) is 0.732. The zero-order chi connectivity index (χ0) is 17.5. The van der Waals surface area contributed by atoms with Crippen LogP contribution in [0.3, 0.4) is 0 Å². The summed E-state index contributed by atoms with van der Waals surface area (Å²) in [5, 5.41) is 12.5. The second kappa shape index (κ2) is 6.47. The first kappa shape index (κ1) is 17.4. The van der Waals surface area contributed by atoms with Gasteiger partial charge in [0.25, 0.3) is 0 Å². The minimum Gasteiger partial charge on any atom is -0.480 e. The SMILES string of the molecule is CC(C)(C)c1nc(CC(=O)N2C(C(=O)O)CC3CCCCC32)cs1. The van der Waals surface area contributed by atoms with Gasteiger partial charge in [-0.3, -0.25) is 4.79 Å². The molecule has 1 amide bonds. The van der Waals surface area contributed by atoms with Crippen molar-refractivity contribution in [3.63, 3.8) is 0 Å². The van der Waals surface area contributed by atoms with E-state index in [1.54, 1.807) is 16.2 Å². The lowest BCUT2D eigenvalue weighted by atomic mass is 9.84. The standard InChI is InChI=1S/C18H26N2O3S/c1-18(2,3)17-19-12(10-24-17)9-15(21)20-13-7-5-4-6-11(13)8-14(20)16(22)23/h10-11,13-14H,4-9H2,1-3H3,(H,22,23). The fourth-order valence-electron chi connectivity index (χ4n) is 4.02. The van der Waals surface area contributed by atoms with Crippen molar-refractivity contribution in [1.82, 2.24) is 9.88 Å². The van der Waals surface area contributed by atoms with E-state index < -0.39 is 12.0 Å². The molecule has 1 aromatic rings. The summed E-state index contributed by atoms with van der Waals surface area (Å²) in [6.07, 6.45) is 5.03. The predicted molar refractivity (Wildman–Crippen MR) is 93.2 cm³/mol. The lowest BCUT2D eigenvalue weighted by Crippen LogP contribution is -2.46. The van der Waals surface area contributed by atoms with E-state index in [0.717, 1.165) is 36.4 Å². The average Bonchev–Trinajstić information content (AvgIpc) is 3.10. The van der Waals surface area contributed by atoms with Crippen molar-refractivity contribution in [2.24, 2.45) is 5.92 Å². The van der Waals surface area contributed by atoms with Crippen molar-refractivity contribution >= 4 is 23.2 Å². The number of carbonyl (C=O) groups excluding carboxylic acids is 1. The number of nitrogens with zero attached hydrogens (tertiary/aromatic N) is 2. The summed E-state index contributed by atoms with van der Waals surface area (Å²) in [7, 11) is 0. The van der Waals surface area contributed by atoms with E-state index in [1.165, 1.54) is 0 Å². The lowest BCUT2D eigenvalue weighted by Gasteiger charge is -2.33. The molecule has 2 fully saturated rings. The van der Waals surface area contributed by atoms with Crippen LogP contribution in [0.25, 0.3) is 0 Å². The summed E-state index contributed by atoms with van der Waals surface area (Å²) in [6.45, 7) is 6.31. The van der Waals surface area contributed by atoms with Crippen LogP contribution in [-0.4, -0.2) is 39.0 Å². The van der Waals surface area contributed by atoms with Crippen molar-refractivity contribution in [2.45, 2.75) is 76.8 Å². The number of hydrogen-bond donors (Lipinski definition) is 1. The third-order valence-corrected chi connectivity index (χ3v) is 6.50. The van der Waals surface area contributed by atoms with Crippen LogP contribution < -0.4 is 0 Å². The maximum absolute atomic E-state index is 12.9.